The van der Waals surface area contributed by atoms with E-state index in [4.69, 9.17) is 16.3 Å². The summed E-state index contributed by atoms with van der Waals surface area (Å²) >= 11 is 5.97. The molecule has 0 unspecified atom stereocenters. The van der Waals surface area contributed by atoms with Crippen molar-refractivity contribution < 1.29 is 14.5 Å². The molecule has 27 heavy (non-hydrogen) atoms. The molecule has 0 bridgehead atoms. The summed E-state index contributed by atoms with van der Waals surface area (Å²) in [4.78, 5) is 24.5. The van der Waals surface area contributed by atoms with Gasteiger partial charge in [-0.3, -0.25) is 14.9 Å². The van der Waals surface area contributed by atoms with Gasteiger partial charge in [0.1, 0.15) is 11.4 Å². The smallest absolute Gasteiger partial charge is 0.271 e. The van der Waals surface area contributed by atoms with Gasteiger partial charge in [0.05, 0.1) is 9.95 Å². The van der Waals surface area contributed by atoms with Crippen LogP contribution < -0.4 is 10.1 Å². The van der Waals surface area contributed by atoms with Gasteiger partial charge < -0.3 is 15.0 Å². The zero-order valence-corrected chi connectivity index (χ0v) is 16.0. The fraction of sp³-hybridized carbons (Fsp3) is 0.412. The Labute approximate surface area is 162 Å². The third kappa shape index (κ3) is 5.93. The minimum absolute atomic E-state index is 0.0181. The lowest BCUT2D eigenvalue weighted by molar-refractivity contribution is -0.384. The number of carbonyl (C=O) groups is 1. The molecule has 0 aliphatic heterocycles. The number of likely N-dealkylation sites (N-methyl/N-ethyl adjacent to an activating group) is 1. The Bertz CT molecular complexity index is 791. The second-order valence-electron chi connectivity index (χ2n) is 5.67. The molecule has 2 aromatic rings. The molecule has 1 aromatic carbocycles. The number of amides is 1. The first-order valence-electron chi connectivity index (χ1n) is 8.55. The Morgan fingerprint density at radius 1 is 1.37 bits per heavy atom. The van der Waals surface area contributed by atoms with Crippen LogP contribution in [0.5, 0.6) is 5.75 Å². The number of halogens is 1. The number of aromatic nitrogens is 2. The van der Waals surface area contributed by atoms with Crippen molar-refractivity contribution in [2.75, 3.05) is 26.2 Å². The first kappa shape index (κ1) is 20.7. The van der Waals surface area contributed by atoms with Crippen LogP contribution in [0.3, 0.4) is 0 Å². The summed E-state index contributed by atoms with van der Waals surface area (Å²) in [6.45, 7) is 7.36. The van der Waals surface area contributed by atoms with E-state index in [9.17, 15) is 14.9 Å². The van der Waals surface area contributed by atoms with Crippen molar-refractivity contribution in [1.29, 1.82) is 0 Å². The van der Waals surface area contributed by atoms with Crippen LogP contribution in [0.4, 0.5) is 5.69 Å². The zero-order chi connectivity index (χ0) is 19.8. The minimum Gasteiger partial charge on any atom is -0.470 e. The van der Waals surface area contributed by atoms with Crippen LogP contribution >= 0.6 is 11.6 Å². The summed E-state index contributed by atoms with van der Waals surface area (Å²) in [6, 6.07) is 5.53. The third-order valence-corrected chi connectivity index (χ3v) is 4.26. The Morgan fingerprint density at radius 3 is 2.74 bits per heavy atom. The van der Waals surface area contributed by atoms with Gasteiger partial charge in [0.15, 0.2) is 6.73 Å². The predicted octanol–water partition coefficient (Wildman–Crippen LogP) is 2.55. The molecule has 0 aliphatic carbocycles. The van der Waals surface area contributed by atoms with Gasteiger partial charge in [-0.25, -0.2) is 4.68 Å². The molecule has 0 saturated heterocycles. The fourth-order valence-corrected chi connectivity index (χ4v) is 2.60. The monoisotopic (exact) mass is 395 g/mol. The van der Waals surface area contributed by atoms with Crippen LogP contribution in [0.15, 0.2) is 30.5 Å². The van der Waals surface area contributed by atoms with E-state index in [1.54, 1.807) is 12.3 Å². The van der Waals surface area contributed by atoms with Crippen LogP contribution in [0.1, 0.15) is 24.3 Å². The van der Waals surface area contributed by atoms with Gasteiger partial charge in [0.2, 0.25) is 0 Å². The van der Waals surface area contributed by atoms with E-state index in [-0.39, 0.29) is 29.0 Å². The van der Waals surface area contributed by atoms with Crippen molar-refractivity contribution in [2.45, 2.75) is 20.6 Å². The maximum Gasteiger partial charge on any atom is 0.271 e. The summed E-state index contributed by atoms with van der Waals surface area (Å²) in [7, 11) is 0. The summed E-state index contributed by atoms with van der Waals surface area (Å²) < 4.78 is 6.94. The number of hydrogen-bond donors (Lipinski definition) is 1. The lowest BCUT2D eigenvalue weighted by Crippen LogP contribution is -2.35. The predicted molar refractivity (Wildman–Crippen MR) is 101 cm³/mol. The molecule has 9 nitrogen and oxygen atoms in total. The summed E-state index contributed by atoms with van der Waals surface area (Å²) in [5.74, 6) is 0.0391. The Kier molecular flexibility index (Phi) is 7.56. The maximum atomic E-state index is 12.1. The number of benzene rings is 1. The molecule has 1 amide bonds. The lowest BCUT2D eigenvalue weighted by atomic mass is 10.3. The quantitative estimate of drug-likeness (QED) is 0.490. The molecule has 10 heteroatoms. The molecule has 1 heterocycles. The van der Waals surface area contributed by atoms with E-state index in [1.165, 1.54) is 22.9 Å². The summed E-state index contributed by atoms with van der Waals surface area (Å²) in [5, 5.41) is 17.8. The van der Waals surface area contributed by atoms with E-state index in [1.807, 2.05) is 0 Å². The SMILES string of the molecule is CCN(CC)CCNC(=O)c1ccn(COc2ccc([N+](=O)[O-])cc2Cl)n1. The molecule has 0 fully saturated rings. The third-order valence-electron chi connectivity index (χ3n) is 3.96. The number of non-ortho nitro benzene ring substituents is 1. The normalized spacial score (nSPS) is 10.8. The molecule has 0 saturated carbocycles. The average Bonchev–Trinajstić information content (AvgIpc) is 3.13. The Balaban J connectivity index is 1.87. The van der Waals surface area contributed by atoms with Gasteiger partial charge in [0, 0.05) is 31.4 Å². The van der Waals surface area contributed by atoms with E-state index >= 15 is 0 Å². The number of hydrogen-bond acceptors (Lipinski definition) is 6. The lowest BCUT2D eigenvalue weighted by Gasteiger charge is -2.17. The number of carbonyl (C=O) groups excluding carboxylic acids is 1. The topological polar surface area (TPSA) is 103 Å². The molecule has 146 valence electrons. The Morgan fingerprint density at radius 2 is 2.11 bits per heavy atom. The zero-order valence-electron chi connectivity index (χ0n) is 15.2. The van der Waals surface area contributed by atoms with Gasteiger partial charge in [0.25, 0.3) is 11.6 Å². The van der Waals surface area contributed by atoms with Crippen LogP contribution in [-0.2, 0) is 6.73 Å². The molecule has 0 aliphatic rings. The second kappa shape index (κ2) is 9.89. The molecule has 0 spiro atoms. The molecular formula is C17H22ClN5O4. The first-order chi connectivity index (χ1) is 12.9. The molecule has 2 rings (SSSR count). The number of nitro benzene ring substituents is 1. The molecule has 1 N–H and O–H groups in total. The second-order valence-corrected chi connectivity index (χ2v) is 6.08. The highest BCUT2D eigenvalue weighted by atomic mass is 35.5. The van der Waals surface area contributed by atoms with Crippen molar-refractivity contribution in [3.63, 3.8) is 0 Å². The van der Waals surface area contributed by atoms with Gasteiger partial charge in [-0.2, -0.15) is 5.10 Å². The molecular weight excluding hydrogens is 374 g/mol. The van der Waals surface area contributed by atoms with E-state index in [0.717, 1.165) is 19.6 Å². The van der Waals surface area contributed by atoms with Gasteiger partial charge >= 0.3 is 0 Å². The van der Waals surface area contributed by atoms with E-state index in [0.29, 0.717) is 12.3 Å². The fourth-order valence-electron chi connectivity index (χ4n) is 2.37. The number of nitrogens with one attached hydrogen (secondary N) is 1. The number of rotatable bonds is 10. The van der Waals surface area contributed by atoms with Crippen molar-refractivity contribution in [2.24, 2.45) is 0 Å². The molecule has 0 atom stereocenters. The van der Waals surface area contributed by atoms with Crippen LogP contribution in [0.25, 0.3) is 0 Å². The minimum atomic E-state index is -0.533. The van der Waals surface area contributed by atoms with E-state index < -0.39 is 4.92 Å². The summed E-state index contributed by atoms with van der Waals surface area (Å²) in [5.41, 5.74) is 0.169. The van der Waals surface area contributed by atoms with Crippen LogP contribution in [-0.4, -0.2) is 51.7 Å². The molecule has 1 aromatic heterocycles. The first-order valence-corrected chi connectivity index (χ1v) is 8.93. The molecule has 0 radical (unpaired) electrons. The highest BCUT2D eigenvalue weighted by molar-refractivity contribution is 6.32. The van der Waals surface area contributed by atoms with Gasteiger partial charge in [-0.1, -0.05) is 25.4 Å². The van der Waals surface area contributed by atoms with Crippen molar-refractivity contribution in [1.82, 2.24) is 20.0 Å². The average molecular weight is 396 g/mol. The highest BCUT2D eigenvalue weighted by Gasteiger charge is 2.12. The van der Waals surface area contributed by atoms with Crippen LogP contribution in [0.2, 0.25) is 5.02 Å². The Hall–Kier alpha value is -2.65. The van der Waals surface area contributed by atoms with Gasteiger partial charge in [-0.15, -0.1) is 0 Å². The number of nitro groups is 1. The standard InChI is InChI=1S/C17H22ClN5O4/c1-3-21(4-2)10-8-19-17(24)15-7-9-22(20-15)12-27-16-6-5-13(23(25)26)11-14(16)18/h5-7,9,11H,3-4,8,10,12H2,1-2H3,(H,19,24). The van der Waals surface area contributed by atoms with Crippen molar-refractivity contribution in [3.05, 3.63) is 51.3 Å². The van der Waals surface area contributed by atoms with Crippen LogP contribution in [0, 0.1) is 10.1 Å². The van der Waals surface area contributed by atoms with Gasteiger partial charge in [-0.05, 0) is 25.2 Å². The van der Waals surface area contributed by atoms with E-state index in [2.05, 4.69) is 29.2 Å². The van der Waals surface area contributed by atoms with Crippen molar-refractivity contribution >= 4 is 23.2 Å². The summed E-state index contributed by atoms with van der Waals surface area (Å²) in [6.07, 6.45) is 1.61. The highest BCUT2D eigenvalue weighted by Crippen LogP contribution is 2.28. The number of ether oxygens (including phenoxy) is 1. The largest absolute Gasteiger partial charge is 0.470 e. The maximum absolute atomic E-state index is 12.1. The van der Waals surface area contributed by atoms with Crippen molar-refractivity contribution in [3.8, 4) is 5.75 Å². The number of nitrogens with zero attached hydrogens (tertiary/aromatic N) is 4.